The molecule has 4 heavy (non-hydrogen) atoms. The Morgan fingerprint density at radius 3 is 1.00 bits per heavy atom. The van der Waals surface area contributed by atoms with Gasteiger partial charge in [0.1, 0.15) is 0 Å². The van der Waals surface area contributed by atoms with E-state index < -0.39 is 0 Å². The van der Waals surface area contributed by atoms with E-state index in [0.717, 1.165) is 0 Å². The fourth-order valence-electron chi connectivity index (χ4n) is 0. The molecule has 0 aromatic rings. The van der Waals surface area contributed by atoms with Gasteiger partial charge in [-0.1, -0.05) is 0 Å². The molecule has 27 valence electrons. The minimum absolute atomic E-state index is 0. The summed E-state index contributed by atoms with van der Waals surface area (Å²) >= 11 is 0. The first-order valence-corrected chi connectivity index (χ1v) is 0. The fourth-order valence-corrected chi connectivity index (χ4v) is 0. The zero-order chi connectivity index (χ0) is 0. The van der Waals surface area contributed by atoms with Gasteiger partial charge < -0.3 is 0 Å². The summed E-state index contributed by atoms with van der Waals surface area (Å²) in [6.45, 7) is 0. The van der Waals surface area contributed by atoms with Crippen molar-refractivity contribution in [1.82, 2.24) is 0 Å². The third kappa shape index (κ3) is 8.85. The Kier molecular flexibility index (Phi) is 155. The van der Waals surface area contributed by atoms with Crippen molar-refractivity contribution in [3.63, 3.8) is 0 Å². The molecule has 0 aliphatic heterocycles. The van der Waals surface area contributed by atoms with E-state index in [1.165, 1.54) is 0 Å². The van der Waals surface area contributed by atoms with Gasteiger partial charge in [-0.05, 0) is 0 Å². The maximum Gasteiger partial charge on any atom is 0 e. The van der Waals surface area contributed by atoms with Crippen molar-refractivity contribution in [2.75, 3.05) is 0 Å². The molecule has 0 rings (SSSR count). The minimum atomic E-state index is 0. The van der Waals surface area contributed by atoms with Crippen molar-refractivity contribution in [1.29, 1.82) is 0 Å². The van der Waals surface area contributed by atoms with Crippen molar-refractivity contribution in [3.8, 4) is 0 Å². The van der Waals surface area contributed by atoms with Gasteiger partial charge in [0.25, 0.3) is 0 Å². The maximum atomic E-state index is 0. The van der Waals surface area contributed by atoms with Crippen LogP contribution in [0.1, 0.15) is 0 Å². The molecule has 0 bridgehead atoms. The molecule has 0 heterocycles. The Balaban J connectivity index is 0. The summed E-state index contributed by atoms with van der Waals surface area (Å²) < 4.78 is 0. The van der Waals surface area contributed by atoms with Gasteiger partial charge in [0.05, 0.1) is 0 Å². The van der Waals surface area contributed by atoms with Crippen LogP contribution in [-0.4, -0.2) is 36.9 Å². The van der Waals surface area contributed by atoms with Crippen molar-refractivity contribution in [2.24, 2.45) is 0 Å². The van der Waals surface area contributed by atoms with E-state index in [1.54, 1.807) is 0 Å². The summed E-state index contributed by atoms with van der Waals surface area (Å²) in [6.07, 6.45) is 0. The second-order valence-corrected chi connectivity index (χ2v) is 0. The first-order valence-electron chi connectivity index (χ1n) is 0. The summed E-state index contributed by atoms with van der Waals surface area (Å²) in [5, 5.41) is 0. The van der Waals surface area contributed by atoms with Crippen LogP contribution in [0.5, 0.6) is 0 Å². The van der Waals surface area contributed by atoms with Crippen LogP contribution in [-0.2, 0) is 36.5 Å². The summed E-state index contributed by atoms with van der Waals surface area (Å²) in [5.41, 5.74) is 0. The Morgan fingerprint density at radius 2 is 1.00 bits per heavy atom. The van der Waals surface area contributed by atoms with E-state index in [2.05, 4.69) is 0 Å². The molecule has 0 aromatic carbocycles. The Morgan fingerprint density at radius 1 is 1.00 bits per heavy atom. The Hall–Kier alpha value is 2.30. The fraction of sp³-hybridized carbons (Fsp3) is 0. The van der Waals surface area contributed by atoms with Gasteiger partial charge in [0, 0.05) is 36.5 Å². The van der Waals surface area contributed by atoms with Crippen LogP contribution in [0.15, 0.2) is 0 Å². The van der Waals surface area contributed by atoms with Crippen LogP contribution < -0.4 is 0 Å². The second kappa shape index (κ2) is 18.5. The molecule has 0 fully saturated rings. The molecule has 0 atom stereocenters. The first kappa shape index (κ1) is 33.5. The molecular weight excluding hydrogens is 278 g/mol. The van der Waals surface area contributed by atoms with Gasteiger partial charge in [-0.25, -0.2) is 0 Å². The van der Waals surface area contributed by atoms with Crippen molar-refractivity contribution in [2.45, 2.75) is 0 Å². The van der Waals surface area contributed by atoms with Crippen LogP contribution in [0.25, 0.3) is 0 Å². The molecule has 0 N–H and O–H groups in total. The summed E-state index contributed by atoms with van der Waals surface area (Å²) in [4.78, 5) is 0. The van der Waals surface area contributed by atoms with Crippen molar-refractivity contribution in [3.05, 3.63) is 0 Å². The molecule has 0 nitrogen and oxygen atoms in total. The molecule has 4 heteroatoms. The van der Waals surface area contributed by atoms with E-state index in [-0.39, 0.29) is 73.4 Å². The van der Waals surface area contributed by atoms with Gasteiger partial charge in [-0.3, -0.25) is 0 Å². The predicted molar refractivity (Wildman–Crippen MR) is 18.5 cm³/mol. The average molecular weight is 283 g/mol. The molecule has 0 unspecified atom stereocenters. The molecule has 1 radical (unpaired) electrons. The SMILES string of the molecule is [Cu].[GaH3].[SeH2].[Zn]. The molecule has 0 amide bonds. The Labute approximate surface area is 72.6 Å². The van der Waals surface area contributed by atoms with Gasteiger partial charge >= 0.3 is 36.9 Å². The van der Waals surface area contributed by atoms with Gasteiger partial charge in [-0.2, -0.15) is 0 Å². The minimum Gasteiger partial charge on any atom is 0 e. The number of hydrogen-bond acceptors (Lipinski definition) is 0. The first-order chi connectivity index (χ1) is 0. The Bertz CT molecular complexity index is 8.00. The number of hydrogen-bond donors (Lipinski definition) is 0. The van der Waals surface area contributed by atoms with Crippen LogP contribution in [0.2, 0.25) is 0 Å². The van der Waals surface area contributed by atoms with Crippen LogP contribution in [0.4, 0.5) is 0 Å². The molecule has 0 spiro atoms. The van der Waals surface area contributed by atoms with Crippen molar-refractivity contribution < 1.29 is 36.5 Å². The molecule has 0 aliphatic rings. The van der Waals surface area contributed by atoms with E-state index in [9.17, 15) is 0 Å². The monoisotopic (exact) mass is 281 g/mol. The predicted octanol–water partition coefficient (Wildman–Crippen LogP) is -2.11. The quantitative estimate of drug-likeness (QED) is 0.447. The van der Waals surface area contributed by atoms with E-state index in [1.807, 2.05) is 0 Å². The van der Waals surface area contributed by atoms with Crippen LogP contribution in [0.3, 0.4) is 0 Å². The van der Waals surface area contributed by atoms with Gasteiger partial charge in [-0.15, -0.1) is 0 Å². The standard InChI is InChI=1S/Cu.Ga.H2Se.Zn.3H/h;;1H2;;;;. The van der Waals surface area contributed by atoms with Gasteiger partial charge in [0.2, 0.25) is 0 Å². The topological polar surface area (TPSA) is 0 Å². The third-order valence-corrected chi connectivity index (χ3v) is 0. The zero-order valence-electron chi connectivity index (χ0n) is 1.51. The van der Waals surface area contributed by atoms with Gasteiger partial charge in [0.15, 0.2) is 0 Å². The molecular formula is H5CuGaSeZn. The van der Waals surface area contributed by atoms with E-state index in [4.69, 9.17) is 0 Å². The third-order valence-electron chi connectivity index (χ3n) is 0. The molecule has 0 aliphatic carbocycles. The molecule has 0 aromatic heterocycles. The smallest absolute Gasteiger partial charge is 0 e. The normalized spacial score (nSPS) is 0. The largest absolute Gasteiger partial charge is 0 e. The second-order valence-electron chi connectivity index (χ2n) is 0. The summed E-state index contributed by atoms with van der Waals surface area (Å²) in [5.74, 6) is 0. The summed E-state index contributed by atoms with van der Waals surface area (Å²) in [7, 11) is 0. The van der Waals surface area contributed by atoms with Crippen molar-refractivity contribution >= 4 is 36.9 Å². The van der Waals surface area contributed by atoms with Crippen LogP contribution in [0, 0.1) is 0 Å². The van der Waals surface area contributed by atoms with Crippen LogP contribution >= 0.6 is 0 Å². The maximum absolute atomic E-state index is 0. The molecule has 0 saturated heterocycles. The molecule has 0 saturated carbocycles. The summed E-state index contributed by atoms with van der Waals surface area (Å²) in [6, 6.07) is 0. The zero-order valence-corrected chi connectivity index (χ0v) is 7.52. The van der Waals surface area contributed by atoms with E-state index >= 15 is 0 Å². The average Bonchev–Trinajstić information content (AvgIpc) is 0. The van der Waals surface area contributed by atoms with E-state index in [0.29, 0.717) is 0 Å². The number of rotatable bonds is 0.